The van der Waals surface area contributed by atoms with Gasteiger partial charge in [-0.3, -0.25) is 4.79 Å². The van der Waals surface area contributed by atoms with E-state index in [4.69, 9.17) is 16.3 Å². The molecule has 1 aliphatic heterocycles. The minimum atomic E-state index is -0.474. The van der Waals surface area contributed by atoms with Crippen molar-refractivity contribution in [3.8, 4) is 5.75 Å². The molecule has 102 valence electrons. The Morgan fingerprint density at radius 2 is 2.10 bits per heavy atom. The Hall–Kier alpha value is -1.87. The number of ether oxygens (including phenoxy) is 1. The number of hydrogen-bond acceptors (Lipinski definition) is 2. The van der Waals surface area contributed by atoms with E-state index in [-0.39, 0.29) is 17.2 Å². The van der Waals surface area contributed by atoms with Crippen LogP contribution < -0.4 is 4.74 Å². The van der Waals surface area contributed by atoms with Gasteiger partial charge in [0, 0.05) is 18.4 Å². The van der Waals surface area contributed by atoms with Crippen LogP contribution in [0.15, 0.2) is 36.4 Å². The molecule has 0 spiro atoms. The topological polar surface area (TPSA) is 26.3 Å². The summed E-state index contributed by atoms with van der Waals surface area (Å²) in [7, 11) is 0. The van der Waals surface area contributed by atoms with Gasteiger partial charge in [-0.1, -0.05) is 17.7 Å². The fraction of sp³-hybridized carbons (Fsp3) is 0.188. The molecule has 0 amide bonds. The Bertz CT molecular complexity index is 682. The number of Topliss-reactive ketones (excluding diaryl/α,β-unsaturated/α-hetero) is 1. The molecule has 1 heterocycles. The number of halogens is 2. The molecule has 1 aliphatic rings. The van der Waals surface area contributed by atoms with E-state index in [0.717, 1.165) is 17.7 Å². The Morgan fingerprint density at radius 3 is 2.90 bits per heavy atom. The van der Waals surface area contributed by atoms with E-state index in [9.17, 15) is 9.18 Å². The smallest absolute Gasteiger partial charge is 0.167 e. The van der Waals surface area contributed by atoms with Crippen LogP contribution in [0.2, 0.25) is 5.02 Å². The molecule has 0 unspecified atom stereocenters. The predicted molar refractivity (Wildman–Crippen MR) is 75.1 cm³/mol. The van der Waals surface area contributed by atoms with Gasteiger partial charge in [-0.15, -0.1) is 0 Å². The SMILES string of the molecule is O=C(Cc1ccc(F)c(Cl)c1)c1ccc2c(c1)CCO2. The van der Waals surface area contributed by atoms with E-state index in [1.54, 1.807) is 12.1 Å². The maximum absolute atomic E-state index is 13.1. The van der Waals surface area contributed by atoms with Crippen LogP contribution in [0.25, 0.3) is 0 Å². The van der Waals surface area contributed by atoms with Gasteiger partial charge >= 0.3 is 0 Å². The lowest BCUT2D eigenvalue weighted by Crippen LogP contribution is -2.04. The van der Waals surface area contributed by atoms with Gasteiger partial charge < -0.3 is 4.74 Å². The van der Waals surface area contributed by atoms with Gasteiger partial charge in [-0.05, 0) is 41.5 Å². The molecule has 0 aliphatic carbocycles. The first-order chi connectivity index (χ1) is 9.63. The maximum Gasteiger partial charge on any atom is 0.167 e. The summed E-state index contributed by atoms with van der Waals surface area (Å²) >= 11 is 5.72. The maximum atomic E-state index is 13.1. The lowest BCUT2D eigenvalue weighted by atomic mass is 10.0. The van der Waals surface area contributed by atoms with E-state index >= 15 is 0 Å². The zero-order chi connectivity index (χ0) is 14.1. The van der Waals surface area contributed by atoms with Crippen molar-refractivity contribution < 1.29 is 13.9 Å². The second-order valence-electron chi connectivity index (χ2n) is 4.77. The summed E-state index contributed by atoms with van der Waals surface area (Å²) in [6, 6.07) is 9.81. The lowest BCUT2D eigenvalue weighted by Gasteiger charge is -2.05. The number of carbonyl (C=O) groups is 1. The van der Waals surface area contributed by atoms with Crippen molar-refractivity contribution >= 4 is 17.4 Å². The average Bonchev–Trinajstić information content (AvgIpc) is 2.90. The summed E-state index contributed by atoms with van der Waals surface area (Å²) in [6.07, 6.45) is 1.04. The molecule has 0 N–H and O–H groups in total. The van der Waals surface area contributed by atoms with Crippen molar-refractivity contribution in [2.75, 3.05) is 6.61 Å². The average molecular weight is 291 g/mol. The van der Waals surface area contributed by atoms with Crippen LogP contribution in [0, 0.1) is 5.82 Å². The van der Waals surface area contributed by atoms with Crippen molar-refractivity contribution in [3.05, 3.63) is 63.9 Å². The molecule has 0 atom stereocenters. The standard InChI is InChI=1S/C16H12ClFO2/c17-13-7-10(1-3-14(13)18)8-15(19)11-2-4-16-12(9-11)5-6-20-16/h1-4,7,9H,5-6,8H2. The largest absolute Gasteiger partial charge is 0.493 e. The van der Waals surface area contributed by atoms with Gasteiger partial charge in [0.1, 0.15) is 11.6 Å². The summed E-state index contributed by atoms with van der Waals surface area (Å²) in [4.78, 5) is 12.2. The second-order valence-corrected chi connectivity index (χ2v) is 5.18. The fourth-order valence-corrected chi connectivity index (χ4v) is 2.50. The molecule has 0 saturated heterocycles. The third kappa shape index (κ3) is 2.54. The van der Waals surface area contributed by atoms with Gasteiger partial charge in [-0.25, -0.2) is 4.39 Å². The zero-order valence-corrected chi connectivity index (χ0v) is 11.4. The summed E-state index contributed by atoms with van der Waals surface area (Å²) in [5.74, 6) is 0.367. The van der Waals surface area contributed by atoms with Crippen molar-refractivity contribution in [2.24, 2.45) is 0 Å². The fourth-order valence-electron chi connectivity index (χ4n) is 2.30. The minimum Gasteiger partial charge on any atom is -0.493 e. The molecule has 3 rings (SSSR count). The number of fused-ring (bicyclic) bond motifs is 1. The Morgan fingerprint density at radius 1 is 1.25 bits per heavy atom. The van der Waals surface area contributed by atoms with Crippen LogP contribution >= 0.6 is 11.6 Å². The van der Waals surface area contributed by atoms with Gasteiger partial charge in [0.05, 0.1) is 11.6 Å². The van der Waals surface area contributed by atoms with Crippen LogP contribution in [-0.2, 0) is 12.8 Å². The predicted octanol–water partition coefficient (Wildman–Crippen LogP) is 3.84. The lowest BCUT2D eigenvalue weighted by molar-refractivity contribution is 0.0993. The zero-order valence-electron chi connectivity index (χ0n) is 10.7. The van der Waals surface area contributed by atoms with Crippen molar-refractivity contribution in [1.29, 1.82) is 0 Å². The van der Waals surface area contributed by atoms with Gasteiger partial charge in [0.25, 0.3) is 0 Å². The molecule has 2 aromatic rings. The van der Waals surface area contributed by atoms with E-state index in [2.05, 4.69) is 0 Å². The number of hydrogen-bond donors (Lipinski definition) is 0. The molecule has 0 fully saturated rings. The molecular formula is C16H12ClFO2. The quantitative estimate of drug-likeness (QED) is 0.803. The second kappa shape index (κ2) is 5.25. The van der Waals surface area contributed by atoms with E-state index in [1.807, 2.05) is 12.1 Å². The van der Waals surface area contributed by atoms with Gasteiger partial charge in [0.2, 0.25) is 0 Å². The first-order valence-corrected chi connectivity index (χ1v) is 6.74. The molecule has 20 heavy (non-hydrogen) atoms. The van der Waals surface area contributed by atoms with Crippen molar-refractivity contribution in [2.45, 2.75) is 12.8 Å². The number of carbonyl (C=O) groups excluding carboxylic acids is 1. The summed E-state index contributed by atoms with van der Waals surface area (Å²) in [6.45, 7) is 0.667. The summed E-state index contributed by atoms with van der Waals surface area (Å²) in [5, 5.41) is 0.0395. The third-order valence-corrected chi connectivity index (χ3v) is 3.65. The number of rotatable bonds is 3. The normalized spacial score (nSPS) is 12.9. The Kier molecular flexibility index (Phi) is 3.45. The molecule has 2 nitrogen and oxygen atoms in total. The highest BCUT2D eigenvalue weighted by molar-refractivity contribution is 6.30. The van der Waals surface area contributed by atoms with Crippen LogP contribution in [0.5, 0.6) is 5.75 Å². The van der Waals surface area contributed by atoms with Crippen LogP contribution in [0.3, 0.4) is 0 Å². The van der Waals surface area contributed by atoms with Crippen LogP contribution in [-0.4, -0.2) is 12.4 Å². The molecule has 2 aromatic carbocycles. The van der Waals surface area contributed by atoms with Crippen LogP contribution in [0.4, 0.5) is 4.39 Å². The molecule has 4 heteroatoms. The molecule has 0 aromatic heterocycles. The molecule has 0 saturated carbocycles. The molecule has 0 radical (unpaired) electrons. The molecule has 0 bridgehead atoms. The Labute approximate surface area is 121 Å². The summed E-state index contributed by atoms with van der Waals surface area (Å²) in [5.41, 5.74) is 2.42. The highest BCUT2D eigenvalue weighted by Crippen LogP contribution is 2.26. The number of benzene rings is 2. The first-order valence-electron chi connectivity index (χ1n) is 6.36. The summed E-state index contributed by atoms with van der Waals surface area (Å²) < 4.78 is 18.5. The van der Waals surface area contributed by atoms with Gasteiger partial charge in [-0.2, -0.15) is 0 Å². The third-order valence-electron chi connectivity index (χ3n) is 3.36. The van der Waals surface area contributed by atoms with Crippen molar-refractivity contribution in [3.63, 3.8) is 0 Å². The highest BCUT2D eigenvalue weighted by Gasteiger charge is 2.15. The van der Waals surface area contributed by atoms with E-state index in [1.165, 1.54) is 12.1 Å². The monoisotopic (exact) mass is 290 g/mol. The number of ketones is 1. The Balaban J connectivity index is 1.80. The first kappa shape index (κ1) is 13.1. The van der Waals surface area contributed by atoms with Crippen molar-refractivity contribution in [1.82, 2.24) is 0 Å². The van der Waals surface area contributed by atoms with E-state index in [0.29, 0.717) is 17.7 Å². The van der Waals surface area contributed by atoms with E-state index < -0.39 is 5.82 Å². The van der Waals surface area contributed by atoms with Gasteiger partial charge in [0.15, 0.2) is 5.78 Å². The highest BCUT2D eigenvalue weighted by atomic mass is 35.5. The van der Waals surface area contributed by atoms with Crippen LogP contribution in [0.1, 0.15) is 21.5 Å². The minimum absolute atomic E-state index is 0.0117. The molecular weight excluding hydrogens is 279 g/mol.